The summed E-state index contributed by atoms with van der Waals surface area (Å²) in [4.78, 5) is 25.0. The van der Waals surface area contributed by atoms with E-state index in [1.165, 1.54) is 28.5 Å². The highest BCUT2D eigenvalue weighted by molar-refractivity contribution is 7.99. The Morgan fingerprint density at radius 3 is 2.84 bits per heavy atom. The summed E-state index contributed by atoms with van der Waals surface area (Å²) < 4.78 is 6.37. The number of thioether (sulfide) groups is 1. The smallest absolute Gasteiger partial charge is 0.246 e. The van der Waals surface area contributed by atoms with Crippen molar-refractivity contribution < 1.29 is 9.53 Å². The first kappa shape index (κ1) is 29.0. The Morgan fingerprint density at radius 2 is 2.07 bits per heavy atom. The number of nitrogens with zero attached hydrogens (tertiary/aromatic N) is 6. The van der Waals surface area contributed by atoms with Crippen molar-refractivity contribution in [2.24, 2.45) is 0 Å². The number of aromatic nitrogens is 1. The maximum absolute atomic E-state index is 12.6. The van der Waals surface area contributed by atoms with Gasteiger partial charge in [-0.1, -0.05) is 36.9 Å². The van der Waals surface area contributed by atoms with E-state index in [1.807, 2.05) is 11.8 Å². The van der Waals surface area contributed by atoms with E-state index in [0.717, 1.165) is 53.7 Å². The number of anilines is 1. The standard InChI is InChI=1S/C34H36N6O2S/c1-3-31(41)40-17-16-39(21-25(40)13-14-35)32-28-12-11-24(27-10-4-7-23-8-6-18-43-33(23)27)19-30(28)37-34(29(32)20-36)42-22-26-9-5-15-38(26)2/h3-4,7,10-12,19,25-26H,1,5-6,8-9,13,15-18,21-22H2,2H3/t25-,26-/m0/s1. The molecule has 3 aromatic rings. The number of rotatable bonds is 7. The zero-order valence-corrected chi connectivity index (χ0v) is 25.4. The molecule has 2 aromatic carbocycles. The fourth-order valence-corrected chi connectivity index (χ4v) is 7.84. The van der Waals surface area contributed by atoms with Crippen LogP contribution in [0.25, 0.3) is 22.0 Å². The molecule has 0 radical (unpaired) electrons. The van der Waals surface area contributed by atoms with E-state index in [4.69, 9.17) is 9.72 Å². The number of hydrogen-bond donors (Lipinski definition) is 0. The van der Waals surface area contributed by atoms with Crippen LogP contribution in [0.15, 0.2) is 53.9 Å². The Labute approximate surface area is 257 Å². The third-order valence-corrected chi connectivity index (χ3v) is 10.2. The first-order valence-corrected chi connectivity index (χ1v) is 16.0. The number of aryl methyl sites for hydroxylation is 1. The van der Waals surface area contributed by atoms with Gasteiger partial charge in [-0.05, 0) is 73.9 Å². The number of pyridine rings is 1. The molecule has 2 saturated heterocycles. The van der Waals surface area contributed by atoms with Crippen molar-refractivity contribution in [3.8, 4) is 29.1 Å². The van der Waals surface area contributed by atoms with Gasteiger partial charge < -0.3 is 19.4 Å². The van der Waals surface area contributed by atoms with Crippen molar-refractivity contribution in [1.29, 1.82) is 10.5 Å². The normalized spacial score (nSPS) is 20.3. The molecule has 6 rings (SSSR count). The minimum atomic E-state index is -0.317. The van der Waals surface area contributed by atoms with Crippen molar-refractivity contribution in [3.05, 3.63) is 60.2 Å². The number of carbonyl (C=O) groups excluding carboxylic acids is 1. The van der Waals surface area contributed by atoms with E-state index in [2.05, 4.69) is 72.0 Å². The maximum atomic E-state index is 12.6. The number of nitriles is 2. The van der Waals surface area contributed by atoms with Gasteiger partial charge in [-0.15, -0.1) is 11.8 Å². The lowest BCUT2D eigenvalue weighted by Gasteiger charge is -2.42. The summed E-state index contributed by atoms with van der Waals surface area (Å²) in [7, 11) is 2.11. The van der Waals surface area contributed by atoms with Gasteiger partial charge in [0.1, 0.15) is 18.2 Å². The number of benzene rings is 2. The molecule has 43 heavy (non-hydrogen) atoms. The Balaban J connectivity index is 1.45. The molecule has 0 bridgehead atoms. The van der Waals surface area contributed by atoms with Crippen LogP contribution in [0.5, 0.6) is 5.88 Å². The number of carbonyl (C=O) groups is 1. The van der Waals surface area contributed by atoms with Crippen LogP contribution in [0.1, 0.15) is 36.8 Å². The van der Waals surface area contributed by atoms with E-state index in [1.54, 1.807) is 4.90 Å². The number of amides is 1. The summed E-state index contributed by atoms with van der Waals surface area (Å²) in [6.45, 7) is 6.52. The molecule has 1 amide bonds. The van der Waals surface area contributed by atoms with E-state index in [-0.39, 0.29) is 24.4 Å². The fourth-order valence-electron chi connectivity index (χ4n) is 6.65. The minimum Gasteiger partial charge on any atom is -0.475 e. The molecule has 3 aliphatic rings. The van der Waals surface area contributed by atoms with Gasteiger partial charge >= 0.3 is 0 Å². The summed E-state index contributed by atoms with van der Waals surface area (Å²) in [5.74, 6) is 1.27. The molecular formula is C34H36N6O2S. The predicted octanol–water partition coefficient (Wildman–Crippen LogP) is 5.40. The van der Waals surface area contributed by atoms with E-state index < -0.39 is 0 Å². The summed E-state index contributed by atoms with van der Waals surface area (Å²) >= 11 is 1.92. The number of likely N-dealkylation sites (N-methyl/N-ethyl adjacent to an activating group) is 1. The van der Waals surface area contributed by atoms with Crippen molar-refractivity contribution in [2.45, 2.75) is 49.1 Å². The Kier molecular flexibility index (Phi) is 8.56. The van der Waals surface area contributed by atoms with Crippen LogP contribution in [0.4, 0.5) is 5.69 Å². The van der Waals surface area contributed by atoms with Gasteiger partial charge in [-0.2, -0.15) is 10.5 Å². The SMILES string of the molecule is C=CC(=O)N1CCN(c2c(C#N)c(OC[C@@H]3CCCN3C)nc3cc(-c4cccc5c4SCCC5)ccc23)C[C@@H]1CC#N. The molecule has 0 spiro atoms. The quantitative estimate of drug-likeness (QED) is 0.337. The summed E-state index contributed by atoms with van der Waals surface area (Å²) in [6.07, 6.45) is 5.96. The van der Waals surface area contributed by atoms with Crippen LogP contribution in [0.3, 0.4) is 0 Å². The van der Waals surface area contributed by atoms with Gasteiger partial charge in [-0.3, -0.25) is 4.79 Å². The molecule has 0 saturated carbocycles. The molecule has 0 aliphatic carbocycles. The van der Waals surface area contributed by atoms with Crippen LogP contribution >= 0.6 is 11.8 Å². The molecule has 4 heterocycles. The van der Waals surface area contributed by atoms with Gasteiger partial charge in [0.2, 0.25) is 11.8 Å². The number of fused-ring (bicyclic) bond motifs is 2. The lowest BCUT2D eigenvalue weighted by Crippen LogP contribution is -2.55. The number of hydrogen-bond acceptors (Lipinski definition) is 8. The Bertz CT molecular complexity index is 1640. The van der Waals surface area contributed by atoms with Crippen LogP contribution in [-0.2, 0) is 11.2 Å². The third kappa shape index (κ3) is 5.68. The van der Waals surface area contributed by atoms with Crippen LogP contribution < -0.4 is 9.64 Å². The van der Waals surface area contributed by atoms with E-state index >= 15 is 0 Å². The average molecular weight is 593 g/mol. The molecule has 220 valence electrons. The third-order valence-electron chi connectivity index (χ3n) is 8.95. The molecule has 8 nitrogen and oxygen atoms in total. The van der Waals surface area contributed by atoms with Crippen molar-refractivity contribution in [2.75, 3.05) is 50.5 Å². The monoisotopic (exact) mass is 592 g/mol. The Morgan fingerprint density at radius 1 is 1.19 bits per heavy atom. The van der Waals surface area contributed by atoms with Crippen molar-refractivity contribution >= 4 is 34.3 Å². The second-order valence-electron chi connectivity index (χ2n) is 11.5. The molecule has 3 aliphatic heterocycles. The van der Waals surface area contributed by atoms with Crippen LogP contribution in [0, 0.1) is 22.7 Å². The molecule has 2 atom stereocenters. The topological polar surface area (TPSA) is 96.5 Å². The molecule has 0 unspecified atom stereocenters. The molecule has 9 heteroatoms. The first-order valence-electron chi connectivity index (χ1n) is 15.0. The second-order valence-corrected chi connectivity index (χ2v) is 12.6. The predicted molar refractivity (Wildman–Crippen MR) is 170 cm³/mol. The highest BCUT2D eigenvalue weighted by Crippen LogP contribution is 2.42. The molecular weight excluding hydrogens is 556 g/mol. The number of ether oxygens (including phenoxy) is 1. The van der Waals surface area contributed by atoms with Crippen LogP contribution in [0.2, 0.25) is 0 Å². The van der Waals surface area contributed by atoms with Gasteiger partial charge in [-0.25, -0.2) is 4.98 Å². The van der Waals surface area contributed by atoms with Gasteiger partial charge in [0.25, 0.3) is 0 Å². The zero-order chi connectivity index (χ0) is 29.9. The molecule has 2 fully saturated rings. The second kappa shape index (κ2) is 12.7. The summed E-state index contributed by atoms with van der Waals surface area (Å²) in [5.41, 5.74) is 5.60. The highest BCUT2D eigenvalue weighted by atomic mass is 32.2. The van der Waals surface area contributed by atoms with Gasteiger partial charge in [0, 0.05) is 36.0 Å². The zero-order valence-electron chi connectivity index (χ0n) is 24.6. The van der Waals surface area contributed by atoms with Gasteiger partial charge in [0.05, 0.1) is 29.7 Å². The number of likely N-dealkylation sites (tertiary alicyclic amines) is 1. The van der Waals surface area contributed by atoms with Crippen molar-refractivity contribution in [3.63, 3.8) is 0 Å². The van der Waals surface area contributed by atoms with Crippen LogP contribution in [-0.4, -0.2) is 78.4 Å². The summed E-state index contributed by atoms with van der Waals surface area (Å²) in [5, 5.41) is 20.9. The fraction of sp³-hybridized carbons (Fsp3) is 0.412. The largest absolute Gasteiger partial charge is 0.475 e. The maximum Gasteiger partial charge on any atom is 0.246 e. The highest BCUT2D eigenvalue weighted by Gasteiger charge is 2.33. The number of piperazine rings is 1. The Hall–Kier alpha value is -4.05. The minimum absolute atomic E-state index is 0.182. The lowest BCUT2D eigenvalue weighted by atomic mass is 9.97. The summed E-state index contributed by atoms with van der Waals surface area (Å²) in [6, 6.07) is 17.4. The van der Waals surface area contributed by atoms with E-state index in [9.17, 15) is 15.3 Å². The van der Waals surface area contributed by atoms with E-state index in [0.29, 0.717) is 37.7 Å². The molecule has 1 aromatic heterocycles. The molecule has 0 N–H and O–H groups in total. The van der Waals surface area contributed by atoms with Crippen molar-refractivity contribution in [1.82, 2.24) is 14.8 Å². The van der Waals surface area contributed by atoms with Gasteiger partial charge in [0.15, 0.2) is 0 Å². The lowest BCUT2D eigenvalue weighted by molar-refractivity contribution is -0.128. The average Bonchev–Trinajstić information content (AvgIpc) is 3.46. The first-order chi connectivity index (χ1) is 21.0.